The number of likely N-dealkylation sites (tertiary alicyclic amines) is 1. The van der Waals surface area contributed by atoms with Crippen molar-refractivity contribution in [3.63, 3.8) is 0 Å². The van der Waals surface area contributed by atoms with Gasteiger partial charge in [-0.1, -0.05) is 78.1 Å². The fourth-order valence-electron chi connectivity index (χ4n) is 2.46. The molecule has 0 aromatic heterocycles. The van der Waals surface area contributed by atoms with Gasteiger partial charge in [-0.2, -0.15) is 13.2 Å². The van der Waals surface area contributed by atoms with Crippen molar-refractivity contribution in [2.75, 3.05) is 19.6 Å². The van der Waals surface area contributed by atoms with Crippen molar-refractivity contribution in [3.8, 4) is 0 Å². The zero-order valence-electron chi connectivity index (χ0n) is 23.1. The molecule has 1 rings (SSSR count). The highest BCUT2D eigenvalue weighted by Crippen LogP contribution is 2.19. The minimum atomic E-state index is -5.15. The highest BCUT2D eigenvalue weighted by Gasteiger charge is 2.40. The fraction of sp³-hybridized carbons (Fsp3) is 0.783. The van der Waals surface area contributed by atoms with Crippen molar-refractivity contribution >= 4 is 52.7 Å². The summed E-state index contributed by atoms with van der Waals surface area (Å²) < 4.78 is 36.6. The van der Waals surface area contributed by atoms with Crippen LogP contribution in [0.5, 0.6) is 0 Å². The normalized spacial score (nSPS) is 14.2. The molecule has 0 aromatic rings. The lowest BCUT2D eigenvalue weighted by atomic mass is 10.2. The number of nitrogens with one attached hydrogen (secondary N) is 2. The van der Waals surface area contributed by atoms with Gasteiger partial charge in [0, 0.05) is 13.0 Å². The smallest absolute Gasteiger partial charge is 0.370 e. The Kier molecular flexibility index (Phi) is 22.9. The maximum absolute atomic E-state index is 12.5. The van der Waals surface area contributed by atoms with Gasteiger partial charge in [0.05, 0.1) is 13.1 Å². The molecule has 0 aromatic carbocycles. The molecule has 0 bridgehead atoms. The van der Waals surface area contributed by atoms with E-state index in [0.717, 1.165) is 10.8 Å². The van der Waals surface area contributed by atoms with Crippen molar-refractivity contribution < 1.29 is 37.1 Å². The van der Waals surface area contributed by atoms with Crippen LogP contribution in [0.15, 0.2) is 0 Å². The molecule has 1 atom stereocenters. The first kappa shape index (κ1) is 40.2. The Labute approximate surface area is 233 Å². The van der Waals surface area contributed by atoms with Crippen molar-refractivity contribution in [3.05, 3.63) is 0 Å². The number of nitrogens with zero attached hydrogens (tertiary/aromatic N) is 2. The van der Waals surface area contributed by atoms with Crippen LogP contribution in [0.1, 0.15) is 74.1 Å². The number of rotatable bonds is 7. The van der Waals surface area contributed by atoms with E-state index >= 15 is 0 Å². The molecule has 224 valence electrons. The molecule has 1 unspecified atom stereocenters. The van der Waals surface area contributed by atoms with E-state index in [1.807, 2.05) is 13.8 Å². The number of hydrogen-bond acceptors (Lipinski definition) is 5. The molecule has 15 heteroatoms. The van der Waals surface area contributed by atoms with Gasteiger partial charge >= 0.3 is 12.1 Å². The number of carbonyl (C=O) groups excluding carboxylic acids is 5. The maximum Gasteiger partial charge on any atom is 0.471 e. The zero-order chi connectivity index (χ0) is 30.6. The topological polar surface area (TPSA) is 142 Å². The van der Waals surface area contributed by atoms with E-state index in [-0.39, 0.29) is 25.9 Å². The first-order valence-corrected chi connectivity index (χ1v) is 13.2. The lowest BCUT2D eigenvalue weighted by molar-refractivity contribution is -0.174. The van der Waals surface area contributed by atoms with Gasteiger partial charge < -0.3 is 16.0 Å². The third-order valence-corrected chi connectivity index (χ3v) is 4.19. The van der Waals surface area contributed by atoms with Gasteiger partial charge in [0.2, 0.25) is 11.8 Å². The maximum atomic E-state index is 12.5. The van der Waals surface area contributed by atoms with Crippen LogP contribution in [0.3, 0.4) is 0 Å². The molecule has 1 aliphatic rings. The van der Waals surface area contributed by atoms with Crippen molar-refractivity contribution in [1.29, 1.82) is 0 Å². The fourth-order valence-corrected chi connectivity index (χ4v) is 2.70. The van der Waals surface area contributed by atoms with Gasteiger partial charge in [0.25, 0.3) is 11.8 Å². The van der Waals surface area contributed by atoms with Crippen molar-refractivity contribution in [2.45, 2.75) is 91.2 Å². The summed E-state index contributed by atoms with van der Waals surface area (Å²) in [5.41, 5.74) is 7.17. The number of hydrogen-bond donors (Lipinski definition) is 3. The summed E-state index contributed by atoms with van der Waals surface area (Å²) in [5, 5.41) is 2.10. The Hall–Kier alpha value is -2.28. The second kappa shape index (κ2) is 21.6. The van der Waals surface area contributed by atoms with Crippen LogP contribution < -0.4 is 16.5 Å². The molecule has 0 spiro atoms. The lowest BCUT2D eigenvalue weighted by Crippen LogP contribution is -2.56. The Balaban J connectivity index is -0.00000119. The summed E-state index contributed by atoms with van der Waals surface area (Å²) in [6.45, 7) is 13.5. The van der Waals surface area contributed by atoms with E-state index in [2.05, 4.69) is 40.0 Å². The second-order valence-electron chi connectivity index (χ2n) is 8.35. The number of carbonyl (C=O) groups is 5. The average Bonchev–Trinajstić information content (AvgIpc) is 3.30. The number of nitrogens with two attached hydrogens (primary N) is 1. The standard InChI is InChI=1S/C14H18Cl2F3N5O5.C4H10.C3H8.C2H6/c15-10(16)12(28)24(5-3-8(20)25)22-11(27)7-2-1-4-23(7)9(26)6-21-13(29)14(17,18)19;1-4(2)3;1-3-2;1-2/h7,10H,1-6H2,(H2,20,25)(H,21,29)(H,22,27);4H,1-3H3;3H2,1-2H3;1-2H3. The molecule has 1 saturated heterocycles. The quantitative estimate of drug-likeness (QED) is 0.306. The van der Waals surface area contributed by atoms with Gasteiger partial charge in [0.15, 0.2) is 4.84 Å². The van der Waals surface area contributed by atoms with Gasteiger partial charge in [-0.05, 0) is 18.8 Å². The van der Waals surface area contributed by atoms with Crippen LogP contribution in [0.2, 0.25) is 0 Å². The van der Waals surface area contributed by atoms with Gasteiger partial charge in [-0.25, -0.2) is 0 Å². The van der Waals surface area contributed by atoms with Crippen LogP contribution in [0.4, 0.5) is 13.2 Å². The number of amides is 5. The van der Waals surface area contributed by atoms with Crippen LogP contribution in [0.25, 0.3) is 0 Å². The molecule has 1 fully saturated rings. The molecule has 0 radical (unpaired) electrons. The molecular weight excluding hydrogens is 554 g/mol. The van der Waals surface area contributed by atoms with E-state index in [1.54, 1.807) is 0 Å². The molecule has 0 saturated carbocycles. The van der Waals surface area contributed by atoms with Crippen molar-refractivity contribution in [1.82, 2.24) is 20.7 Å². The summed E-state index contributed by atoms with van der Waals surface area (Å²) in [7, 11) is 0. The SMILES string of the molecule is CC.CC(C)C.CCC.NC(=O)CCN(NC(=O)C1CCCN1C(=O)CNC(=O)C(F)(F)F)C(=O)C(Cl)Cl. The molecule has 4 N–H and O–H groups in total. The lowest BCUT2D eigenvalue weighted by Gasteiger charge is -2.28. The van der Waals surface area contributed by atoms with Crippen LogP contribution >= 0.6 is 23.2 Å². The third kappa shape index (κ3) is 18.9. The minimum absolute atomic E-state index is 0.0572. The summed E-state index contributed by atoms with van der Waals surface area (Å²) in [6.07, 6.45) is -3.69. The Bertz CT molecular complexity index is 738. The Morgan fingerprint density at radius 2 is 1.55 bits per heavy atom. The molecule has 10 nitrogen and oxygen atoms in total. The molecule has 0 aliphatic carbocycles. The largest absolute Gasteiger partial charge is 0.471 e. The molecule has 38 heavy (non-hydrogen) atoms. The highest BCUT2D eigenvalue weighted by atomic mass is 35.5. The van der Waals surface area contributed by atoms with Crippen LogP contribution in [-0.4, -0.2) is 76.1 Å². The number of primary amides is 1. The van der Waals surface area contributed by atoms with Crippen LogP contribution in [0, 0.1) is 5.92 Å². The van der Waals surface area contributed by atoms with E-state index < -0.39 is 53.1 Å². The Morgan fingerprint density at radius 3 is 1.95 bits per heavy atom. The summed E-state index contributed by atoms with van der Waals surface area (Å²) >= 11 is 11.0. The second-order valence-corrected chi connectivity index (χ2v) is 9.44. The zero-order valence-corrected chi connectivity index (χ0v) is 24.6. The van der Waals surface area contributed by atoms with Crippen molar-refractivity contribution in [2.24, 2.45) is 11.7 Å². The Morgan fingerprint density at radius 1 is 1.08 bits per heavy atom. The highest BCUT2D eigenvalue weighted by molar-refractivity contribution is 6.53. The molecular formula is C23H42Cl2F3N5O5. The van der Waals surface area contributed by atoms with E-state index in [9.17, 15) is 37.1 Å². The van der Waals surface area contributed by atoms with E-state index in [4.69, 9.17) is 28.9 Å². The molecule has 1 aliphatic heterocycles. The predicted octanol–water partition coefficient (Wildman–Crippen LogP) is 3.30. The number of halogens is 5. The van der Waals surface area contributed by atoms with Gasteiger partial charge in [0.1, 0.15) is 6.04 Å². The first-order valence-electron chi connectivity index (χ1n) is 12.3. The summed E-state index contributed by atoms with van der Waals surface area (Å²) in [4.78, 5) is 57.7. The van der Waals surface area contributed by atoms with Gasteiger partial charge in [-0.3, -0.25) is 34.4 Å². The average molecular weight is 597 g/mol. The molecule has 1 heterocycles. The summed E-state index contributed by atoms with van der Waals surface area (Å²) in [5.74, 6) is -4.93. The minimum Gasteiger partial charge on any atom is -0.370 e. The number of alkyl halides is 5. The van der Waals surface area contributed by atoms with E-state index in [1.165, 1.54) is 11.7 Å². The molecule has 5 amide bonds. The van der Waals surface area contributed by atoms with E-state index in [0.29, 0.717) is 11.4 Å². The number of hydrazine groups is 1. The first-order chi connectivity index (χ1) is 17.5. The monoisotopic (exact) mass is 595 g/mol. The van der Waals surface area contributed by atoms with Gasteiger partial charge in [-0.15, -0.1) is 0 Å². The third-order valence-electron chi connectivity index (χ3n) is 3.81. The summed E-state index contributed by atoms with van der Waals surface area (Å²) in [6, 6.07) is -1.11. The predicted molar refractivity (Wildman–Crippen MR) is 141 cm³/mol. The van der Waals surface area contributed by atoms with Crippen LogP contribution in [-0.2, 0) is 24.0 Å².